The molecule has 0 amide bonds. The third-order valence-corrected chi connectivity index (χ3v) is 12.8. The monoisotopic (exact) mass is 816 g/mol. The lowest BCUT2D eigenvalue weighted by atomic mass is 9.82. The predicted molar refractivity (Wildman–Crippen MR) is 269 cm³/mol. The van der Waals surface area contributed by atoms with Crippen LogP contribution in [0.15, 0.2) is 206 Å². The van der Waals surface area contributed by atoms with Crippen molar-refractivity contribution in [2.75, 3.05) is 5.73 Å². The molecule has 0 saturated carbocycles. The first-order valence-electron chi connectivity index (χ1n) is 21.8. The third kappa shape index (κ3) is 6.03. The van der Waals surface area contributed by atoms with E-state index in [1.807, 2.05) is 49.5 Å². The van der Waals surface area contributed by atoms with Crippen molar-refractivity contribution in [2.24, 2.45) is 0 Å². The van der Waals surface area contributed by atoms with Crippen LogP contribution in [0.1, 0.15) is 12.5 Å². The fraction of sp³-hybridized carbons (Fsp3) is 0.0167. The molecule has 0 fully saturated rings. The number of rotatable bonds is 7. The molecule has 0 spiro atoms. The molecule has 64 heavy (non-hydrogen) atoms. The Kier molecular flexibility index (Phi) is 8.84. The Balaban J connectivity index is 1.01. The fourth-order valence-electron chi connectivity index (χ4n) is 9.85. The van der Waals surface area contributed by atoms with Crippen molar-refractivity contribution in [3.05, 3.63) is 212 Å². The largest absolute Gasteiger partial charge is 0.396 e. The molecule has 0 bridgehead atoms. The quantitative estimate of drug-likeness (QED) is 0.163. The summed E-state index contributed by atoms with van der Waals surface area (Å²) in [6.45, 7) is 2.00. The Morgan fingerprint density at radius 3 is 1.67 bits per heavy atom. The van der Waals surface area contributed by atoms with Gasteiger partial charge in [-0.1, -0.05) is 176 Å². The molecule has 3 heterocycles. The van der Waals surface area contributed by atoms with Gasteiger partial charge in [0.15, 0.2) is 0 Å². The van der Waals surface area contributed by atoms with Crippen LogP contribution in [0.25, 0.3) is 128 Å². The van der Waals surface area contributed by atoms with Gasteiger partial charge in [0, 0.05) is 22.7 Å². The van der Waals surface area contributed by atoms with Gasteiger partial charge in [-0.2, -0.15) is 0 Å². The van der Waals surface area contributed by atoms with E-state index in [9.17, 15) is 0 Å². The maximum Gasteiger partial charge on any atom is 0.0944 e. The highest BCUT2D eigenvalue weighted by Crippen LogP contribution is 2.58. The molecule has 1 aliphatic carbocycles. The van der Waals surface area contributed by atoms with Gasteiger partial charge in [-0.25, -0.2) is 9.97 Å². The van der Waals surface area contributed by atoms with Crippen molar-refractivity contribution >= 4 is 44.2 Å². The molecule has 1 aliphatic rings. The number of anilines is 1. The van der Waals surface area contributed by atoms with E-state index < -0.39 is 0 Å². The maximum absolute atomic E-state index is 6.61. The van der Waals surface area contributed by atoms with Crippen LogP contribution in [-0.2, 0) is 0 Å². The van der Waals surface area contributed by atoms with E-state index in [0.29, 0.717) is 5.69 Å². The lowest BCUT2D eigenvalue weighted by Gasteiger charge is -2.20. The maximum atomic E-state index is 6.61. The summed E-state index contributed by atoms with van der Waals surface area (Å²) < 4.78 is 0. The zero-order valence-electron chi connectivity index (χ0n) is 35.1. The second-order valence-electron chi connectivity index (χ2n) is 16.4. The molecule has 300 valence electrons. The minimum atomic E-state index is 0.700. The molecule has 12 rings (SSSR count). The number of benzene rings is 8. The van der Waals surface area contributed by atoms with Crippen LogP contribution in [0.2, 0.25) is 0 Å². The smallest absolute Gasteiger partial charge is 0.0944 e. The molecule has 0 aliphatic heterocycles. The van der Waals surface area contributed by atoms with Crippen LogP contribution in [0, 0.1) is 0 Å². The number of nitrogens with two attached hydrogens (primary N) is 1. The Labute approximate surface area is 371 Å². The van der Waals surface area contributed by atoms with Crippen LogP contribution < -0.4 is 5.73 Å². The van der Waals surface area contributed by atoms with Crippen molar-refractivity contribution < 1.29 is 0 Å². The second-order valence-corrected chi connectivity index (χ2v) is 16.4. The first kappa shape index (κ1) is 37.3. The van der Waals surface area contributed by atoms with E-state index in [2.05, 4.69) is 175 Å². The summed E-state index contributed by atoms with van der Waals surface area (Å²) >= 11 is 0. The minimum Gasteiger partial charge on any atom is -0.396 e. The average Bonchev–Trinajstić information content (AvgIpc) is 3.69. The molecule has 0 atom stereocenters. The molecule has 0 radical (unpaired) electrons. The van der Waals surface area contributed by atoms with Gasteiger partial charge in [0.2, 0.25) is 0 Å². The number of fused-ring (bicyclic) bond motifs is 5. The topological polar surface area (TPSA) is 64.7 Å². The lowest BCUT2D eigenvalue weighted by Crippen LogP contribution is -1.95. The molecule has 2 N–H and O–H groups in total. The van der Waals surface area contributed by atoms with Gasteiger partial charge in [0.1, 0.15) is 0 Å². The van der Waals surface area contributed by atoms with Crippen molar-refractivity contribution in [3.63, 3.8) is 0 Å². The summed E-state index contributed by atoms with van der Waals surface area (Å²) in [6.07, 6.45) is 5.84. The zero-order valence-corrected chi connectivity index (χ0v) is 35.1. The number of nitrogen functional groups attached to an aromatic ring is 1. The van der Waals surface area contributed by atoms with Crippen LogP contribution in [0.3, 0.4) is 0 Å². The summed E-state index contributed by atoms with van der Waals surface area (Å²) in [5.74, 6) is 0. The Morgan fingerprint density at radius 1 is 0.391 bits per heavy atom. The number of aromatic nitrogens is 3. The molecule has 4 nitrogen and oxygen atoms in total. The average molecular weight is 817 g/mol. The first-order chi connectivity index (χ1) is 31.6. The summed E-state index contributed by atoms with van der Waals surface area (Å²) in [5.41, 5.74) is 27.0. The van der Waals surface area contributed by atoms with Crippen molar-refractivity contribution in [1.29, 1.82) is 0 Å². The molecule has 0 unspecified atom stereocenters. The molecular formula is C60H40N4. The Bertz CT molecular complexity index is 3650. The van der Waals surface area contributed by atoms with Gasteiger partial charge >= 0.3 is 0 Å². The highest BCUT2D eigenvalue weighted by atomic mass is 14.8. The number of nitrogens with zero attached hydrogens (tertiary/aromatic N) is 3. The van der Waals surface area contributed by atoms with Crippen LogP contribution >= 0.6 is 0 Å². The number of pyridine rings is 3. The van der Waals surface area contributed by atoms with Gasteiger partial charge in [-0.3, -0.25) is 4.98 Å². The van der Waals surface area contributed by atoms with Crippen molar-refractivity contribution in [1.82, 2.24) is 15.0 Å². The predicted octanol–water partition coefficient (Wildman–Crippen LogP) is 15.6. The zero-order chi connectivity index (χ0) is 42.7. The molecule has 8 aromatic carbocycles. The molecular weight excluding hydrogens is 777 g/mol. The standard InChI is InChI=1S/C60H40N4/c1-2-12-42-30-31-43-32-35-51(64-60(43)59(42)61)39-24-22-37(23-25-39)44-33-34-49-56-45(44)17-10-18-48(56)57-54(40-13-4-3-5-14-40)46-15-6-7-16-47(46)55(58(49)57)41-28-26-38(27-29-41)50-20-11-21-53(63-50)52-19-8-9-36-62-52/h2-36H,61H2,1H3/b12-2-. The number of hydrogen-bond donors (Lipinski definition) is 1. The SMILES string of the molecule is C/C=C\c1ccc2ccc(-c3ccc(-c4ccc5c6c(cccc46)-c4c-5c(-c5ccc(-c6cccc(-c7ccccn7)n6)cc5)c5ccccc5c4-c4ccccc4)cc3)nc2c1N. The van der Waals surface area contributed by atoms with E-state index in [1.165, 1.54) is 71.6 Å². The Hall–Kier alpha value is -8.47. The molecule has 3 aromatic heterocycles. The summed E-state index contributed by atoms with van der Waals surface area (Å²) in [6, 6.07) is 69.5. The highest BCUT2D eigenvalue weighted by Gasteiger charge is 2.31. The second kappa shape index (κ2) is 15.2. The normalized spacial score (nSPS) is 11.8. The van der Waals surface area contributed by atoms with Gasteiger partial charge in [0.05, 0.1) is 34.0 Å². The van der Waals surface area contributed by atoms with E-state index in [-0.39, 0.29) is 0 Å². The van der Waals surface area contributed by atoms with Crippen molar-refractivity contribution in [2.45, 2.75) is 6.92 Å². The van der Waals surface area contributed by atoms with Gasteiger partial charge in [0.25, 0.3) is 0 Å². The minimum absolute atomic E-state index is 0.700. The van der Waals surface area contributed by atoms with Crippen LogP contribution in [0.4, 0.5) is 5.69 Å². The summed E-state index contributed by atoms with van der Waals surface area (Å²) in [5, 5.41) is 6.01. The van der Waals surface area contributed by atoms with E-state index >= 15 is 0 Å². The van der Waals surface area contributed by atoms with Gasteiger partial charge in [-0.15, -0.1) is 0 Å². The fourth-order valence-corrected chi connectivity index (χ4v) is 9.85. The number of allylic oxidation sites excluding steroid dienone is 1. The molecule has 11 aromatic rings. The first-order valence-corrected chi connectivity index (χ1v) is 21.8. The number of hydrogen-bond acceptors (Lipinski definition) is 4. The van der Waals surface area contributed by atoms with Crippen LogP contribution in [0.5, 0.6) is 0 Å². The van der Waals surface area contributed by atoms with Crippen LogP contribution in [-0.4, -0.2) is 15.0 Å². The molecule has 0 saturated heterocycles. The summed E-state index contributed by atoms with van der Waals surface area (Å²) in [4.78, 5) is 14.6. The van der Waals surface area contributed by atoms with Gasteiger partial charge in [-0.05, 0) is 120 Å². The Morgan fingerprint density at radius 2 is 0.953 bits per heavy atom. The van der Waals surface area contributed by atoms with E-state index in [4.69, 9.17) is 15.7 Å². The van der Waals surface area contributed by atoms with E-state index in [1.54, 1.807) is 0 Å². The van der Waals surface area contributed by atoms with Gasteiger partial charge < -0.3 is 5.73 Å². The van der Waals surface area contributed by atoms with Crippen molar-refractivity contribution in [3.8, 4) is 89.5 Å². The molecule has 4 heteroatoms. The summed E-state index contributed by atoms with van der Waals surface area (Å²) in [7, 11) is 0. The highest BCUT2D eigenvalue weighted by molar-refractivity contribution is 6.28. The lowest BCUT2D eigenvalue weighted by molar-refractivity contribution is 1.25. The van der Waals surface area contributed by atoms with E-state index in [0.717, 1.165) is 55.9 Å². The third-order valence-electron chi connectivity index (χ3n) is 12.8.